The van der Waals surface area contributed by atoms with Gasteiger partial charge < -0.3 is 50.4 Å². The highest BCUT2D eigenvalue weighted by atomic mass is 31.2. The van der Waals surface area contributed by atoms with Crippen molar-refractivity contribution < 1.29 is 57.1 Å². The number of nitrogens with two attached hydrogens (primary N) is 2. The third kappa shape index (κ3) is 5.31. The van der Waals surface area contributed by atoms with Crippen LogP contribution in [0.4, 0.5) is 11.6 Å². The Morgan fingerprint density at radius 2 is 1.53 bits per heavy atom. The molecule has 0 amide bonds. The monoisotopic (exact) mass is 674 g/mol. The first-order valence-electron chi connectivity index (χ1n) is 12.9. The highest BCUT2D eigenvalue weighted by molar-refractivity contribution is 7.52. The molecule has 0 aliphatic carbocycles. The predicted molar refractivity (Wildman–Crippen MR) is 143 cm³/mol. The summed E-state index contributed by atoms with van der Waals surface area (Å²) in [4.78, 5) is 48.0. The number of nitrogen functional groups attached to an aromatic ring is 2. The van der Waals surface area contributed by atoms with Gasteiger partial charge in [0, 0.05) is 6.20 Å². The van der Waals surface area contributed by atoms with Gasteiger partial charge in [0.15, 0.2) is 54.5 Å². The first-order valence-corrected chi connectivity index (χ1v) is 16.4. The number of hydrogen-bond donors (Lipinski definition) is 7. The van der Waals surface area contributed by atoms with E-state index in [1.54, 1.807) is 0 Å². The molecule has 9 N–H and O–H groups in total. The smallest absolute Gasteiger partial charge is 0.354 e. The average Bonchev–Trinajstić information content (AvgIpc) is 3.72. The van der Waals surface area contributed by atoms with Crippen molar-refractivity contribution in [2.45, 2.75) is 49.5 Å². The number of rotatable bonds is 2. The van der Waals surface area contributed by atoms with Gasteiger partial charge in [-0.2, -0.15) is 9.67 Å². The molecule has 25 heteroatoms. The molecule has 4 aromatic rings. The fourth-order valence-corrected chi connectivity index (χ4v) is 7.11. The van der Waals surface area contributed by atoms with Crippen molar-refractivity contribution in [2.75, 3.05) is 24.2 Å². The van der Waals surface area contributed by atoms with Gasteiger partial charge in [0.25, 0.3) is 5.56 Å². The van der Waals surface area contributed by atoms with Crippen LogP contribution in [0.3, 0.4) is 0 Å². The van der Waals surface area contributed by atoms with Gasteiger partial charge in [0.2, 0.25) is 5.95 Å². The van der Waals surface area contributed by atoms with Crippen LogP contribution in [0.25, 0.3) is 22.3 Å². The number of hydrogen-bond acceptors (Lipinski definition) is 18. The number of nitrogens with one attached hydrogen (secondary N) is 1. The Labute approximate surface area is 248 Å². The molecule has 4 unspecified atom stereocenters. The molecule has 4 aromatic heterocycles. The number of imidazole rings is 1. The molecular weight excluding hydrogens is 650 g/mol. The molecule has 0 saturated carbocycles. The topological polar surface area (TPSA) is 330 Å². The van der Waals surface area contributed by atoms with E-state index in [9.17, 15) is 33.9 Å². The summed E-state index contributed by atoms with van der Waals surface area (Å²) in [5.41, 5.74) is 11.1. The molecule has 0 aromatic carbocycles. The molecule has 45 heavy (non-hydrogen) atoms. The number of pyridine rings is 1. The molecule has 3 saturated heterocycles. The van der Waals surface area contributed by atoms with Gasteiger partial charge in [0.05, 0.1) is 12.0 Å². The largest absolute Gasteiger partial charge is 0.397 e. The molecule has 7 heterocycles. The van der Waals surface area contributed by atoms with E-state index in [-0.39, 0.29) is 34.0 Å². The third-order valence-electron chi connectivity index (χ3n) is 7.08. The normalized spacial score (nSPS) is 37.7. The molecule has 3 aliphatic heterocycles. The minimum Gasteiger partial charge on any atom is -0.397 e. The minimum absolute atomic E-state index is 0.194. The van der Waals surface area contributed by atoms with Crippen molar-refractivity contribution in [3.8, 4) is 0 Å². The Morgan fingerprint density at radius 1 is 0.911 bits per heavy atom. The molecule has 0 spiro atoms. The Kier molecular flexibility index (Phi) is 7.27. The van der Waals surface area contributed by atoms with E-state index in [4.69, 9.17) is 39.5 Å². The molecule has 3 aliphatic rings. The number of fused-ring (bicyclic) bond motifs is 4. The molecule has 23 nitrogen and oxygen atoms in total. The molecule has 242 valence electrons. The fourth-order valence-electron chi connectivity index (χ4n) is 5.11. The van der Waals surface area contributed by atoms with Crippen LogP contribution in [-0.2, 0) is 37.1 Å². The summed E-state index contributed by atoms with van der Waals surface area (Å²) in [5, 5.41) is 29.6. The second-order valence-electron chi connectivity index (χ2n) is 10.2. The van der Waals surface area contributed by atoms with E-state index in [2.05, 4.69) is 30.2 Å². The van der Waals surface area contributed by atoms with Gasteiger partial charge in [-0.1, -0.05) is 5.21 Å². The summed E-state index contributed by atoms with van der Waals surface area (Å²) in [6, 6.07) is 1.51. The quantitative estimate of drug-likeness (QED) is 0.109. The SMILES string of the molecule is Nc1nc2c(nnn2[C@@H]2O[C@@H]3OCP(=O)(O)O[C@@H]4C(O)[C@H](n5cnc6c(N)ccnc65)O[C@@H]4OCP(=O)(O)O[C@@H]3C2O)c(=O)[nH]1. The van der Waals surface area contributed by atoms with Crippen LogP contribution < -0.4 is 17.0 Å². The average molecular weight is 674 g/mol. The van der Waals surface area contributed by atoms with Crippen molar-refractivity contribution in [3.05, 3.63) is 28.9 Å². The second kappa shape index (κ2) is 10.8. The lowest BCUT2D eigenvalue weighted by atomic mass is 10.2. The number of nitrogens with zero attached hydrogens (tertiary/aromatic N) is 7. The zero-order chi connectivity index (χ0) is 31.8. The number of aliphatic hydroxyl groups is 2. The molecule has 10 atom stereocenters. The first-order chi connectivity index (χ1) is 21.3. The van der Waals surface area contributed by atoms with Crippen LogP contribution in [0.5, 0.6) is 0 Å². The van der Waals surface area contributed by atoms with E-state index >= 15 is 0 Å². The Morgan fingerprint density at radius 3 is 2.20 bits per heavy atom. The van der Waals surface area contributed by atoms with Crippen LogP contribution in [0, 0.1) is 0 Å². The number of aromatic amines is 1. The summed E-state index contributed by atoms with van der Waals surface area (Å²) < 4.78 is 61.3. The van der Waals surface area contributed by atoms with E-state index in [1.165, 1.54) is 23.2 Å². The van der Waals surface area contributed by atoms with Gasteiger partial charge >= 0.3 is 15.2 Å². The number of aromatic nitrogens is 8. The third-order valence-corrected chi connectivity index (χ3v) is 9.17. The van der Waals surface area contributed by atoms with Gasteiger partial charge in [-0.15, -0.1) is 5.10 Å². The van der Waals surface area contributed by atoms with Crippen molar-refractivity contribution in [3.63, 3.8) is 0 Å². The minimum atomic E-state index is -4.81. The zero-order valence-corrected chi connectivity index (χ0v) is 24.2. The lowest BCUT2D eigenvalue weighted by Crippen LogP contribution is -2.38. The lowest BCUT2D eigenvalue weighted by molar-refractivity contribution is -0.179. The summed E-state index contributed by atoms with van der Waals surface area (Å²) in [7, 11) is -9.61. The highest BCUT2D eigenvalue weighted by Crippen LogP contribution is 2.53. The van der Waals surface area contributed by atoms with Crippen molar-refractivity contribution >= 4 is 49.2 Å². The number of H-pyrrole nitrogens is 1. The zero-order valence-electron chi connectivity index (χ0n) is 22.4. The first kappa shape index (κ1) is 30.2. The van der Waals surface area contributed by atoms with Crippen LogP contribution in [-0.4, -0.2) is 109 Å². The fraction of sp³-hybridized carbons (Fsp3) is 0.500. The summed E-state index contributed by atoms with van der Waals surface area (Å²) in [6.07, 6.45) is -13.1. The summed E-state index contributed by atoms with van der Waals surface area (Å²) >= 11 is 0. The van der Waals surface area contributed by atoms with E-state index in [0.29, 0.717) is 0 Å². The molecule has 3 fully saturated rings. The molecular formula is C20H24N10O13P2. The maximum atomic E-state index is 13.2. The van der Waals surface area contributed by atoms with Gasteiger partial charge in [0.1, 0.15) is 29.9 Å². The van der Waals surface area contributed by atoms with Crippen LogP contribution in [0.2, 0.25) is 0 Å². The Bertz CT molecular complexity index is 1940. The molecule has 0 radical (unpaired) electrons. The van der Waals surface area contributed by atoms with Crippen LogP contribution in [0.1, 0.15) is 12.5 Å². The molecule has 7 rings (SSSR count). The second-order valence-corrected chi connectivity index (χ2v) is 13.6. The number of ether oxygens (including phenoxy) is 4. The maximum Gasteiger partial charge on any atom is 0.354 e. The van der Waals surface area contributed by atoms with Crippen molar-refractivity contribution in [1.82, 2.24) is 39.5 Å². The van der Waals surface area contributed by atoms with Crippen LogP contribution >= 0.6 is 15.2 Å². The van der Waals surface area contributed by atoms with Gasteiger partial charge in [-0.3, -0.25) is 32.5 Å². The van der Waals surface area contributed by atoms with E-state index in [1.807, 2.05) is 0 Å². The maximum absolute atomic E-state index is 13.2. The highest BCUT2D eigenvalue weighted by Gasteiger charge is 2.54. The number of anilines is 2. The van der Waals surface area contributed by atoms with Gasteiger partial charge in [-0.05, 0) is 6.07 Å². The summed E-state index contributed by atoms with van der Waals surface area (Å²) in [5.74, 6) is -0.309. The number of aliphatic hydroxyl groups excluding tert-OH is 2. The molecule has 0 bridgehead atoms. The lowest BCUT2D eigenvalue weighted by Gasteiger charge is -2.28. The van der Waals surface area contributed by atoms with Gasteiger partial charge in [-0.25, -0.2) is 9.97 Å². The van der Waals surface area contributed by atoms with E-state index < -0.39 is 82.9 Å². The Balaban J connectivity index is 1.17. The van der Waals surface area contributed by atoms with Crippen molar-refractivity contribution in [2.24, 2.45) is 0 Å². The van der Waals surface area contributed by atoms with Crippen LogP contribution in [0.15, 0.2) is 23.4 Å². The Hall–Kier alpha value is -3.44. The summed E-state index contributed by atoms with van der Waals surface area (Å²) in [6.45, 7) is 0. The van der Waals surface area contributed by atoms with E-state index in [0.717, 1.165) is 4.68 Å². The standard InChI is InChI=1S/C20H24N10O13P2/c21-6-1-2-23-13-7(6)24-3-29(13)16-9(31)11-18(40-16)38-4-45(36,37)43-12-10(32)17(41-19(12)39-5-44(34,35)42-11)30-14-8(27-28-30)15(33)26-20(22)25-14/h1-3,9-12,16-19,31-32H,4-5H2,(H2,21,23)(H,34,35)(H,36,37)(H3,22,25,26,33)/t9?,10?,11-,12-,16-,17-,18+,19+/m1/s1. The van der Waals surface area contributed by atoms with Crippen molar-refractivity contribution in [1.29, 1.82) is 0 Å². The predicted octanol–water partition coefficient (Wildman–Crippen LogP) is -2.34.